The maximum atomic E-state index is 9.25. The van der Waals surface area contributed by atoms with Crippen LogP contribution >= 0.6 is 24.2 Å². The standard InChI is InChI=1S/C17H21NOS.ClH/c1-13-4-10-16(11-5-13)20-12-2-3-17(18)14-6-8-15(19)9-7-14;/h4-11,17,19H,2-3,12,18H2,1H3;1H. The molecule has 0 heterocycles. The van der Waals surface area contributed by atoms with Crippen LogP contribution in [0.5, 0.6) is 5.75 Å². The molecule has 0 fully saturated rings. The summed E-state index contributed by atoms with van der Waals surface area (Å²) in [5.74, 6) is 1.37. The summed E-state index contributed by atoms with van der Waals surface area (Å²) in [5, 5.41) is 9.25. The zero-order valence-corrected chi connectivity index (χ0v) is 13.8. The van der Waals surface area contributed by atoms with Crippen LogP contribution < -0.4 is 5.73 Å². The number of aromatic hydroxyl groups is 1. The summed E-state index contributed by atoms with van der Waals surface area (Å²) >= 11 is 1.87. The molecular formula is C17H22ClNOS. The first kappa shape index (κ1) is 17.9. The maximum absolute atomic E-state index is 9.25. The highest BCUT2D eigenvalue weighted by Crippen LogP contribution is 2.23. The number of thioether (sulfide) groups is 1. The zero-order valence-electron chi connectivity index (χ0n) is 12.2. The predicted octanol–water partition coefficient (Wildman–Crippen LogP) is 4.69. The van der Waals surface area contributed by atoms with Crippen LogP contribution in [-0.4, -0.2) is 10.9 Å². The SMILES string of the molecule is Cc1ccc(SCCCC(N)c2ccc(O)cc2)cc1.Cl. The van der Waals surface area contributed by atoms with Crippen LogP contribution in [0.25, 0.3) is 0 Å². The van der Waals surface area contributed by atoms with Crippen LogP contribution in [0.2, 0.25) is 0 Å². The molecule has 0 bridgehead atoms. The molecule has 0 aliphatic heterocycles. The van der Waals surface area contributed by atoms with Gasteiger partial charge in [-0.2, -0.15) is 0 Å². The smallest absolute Gasteiger partial charge is 0.115 e. The number of rotatable bonds is 6. The molecule has 2 rings (SSSR count). The monoisotopic (exact) mass is 323 g/mol. The predicted molar refractivity (Wildman–Crippen MR) is 93.4 cm³/mol. The molecule has 1 unspecified atom stereocenters. The number of aryl methyl sites for hydroxylation is 1. The van der Waals surface area contributed by atoms with Crippen LogP contribution in [0.1, 0.15) is 30.0 Å². The lowest BCUT2D eigenvalue weighted by atomic mass is 10.0. The van der Waals surface area contributed by atoms with Crippen molar-refractivity contribution >= 4 is 24.2 Å². The second kappa shape index (κ2) is 8.98. The first-order chi connectivity index (χ1) is 9.65. The lowest BCUT2D eigenvalue weighted by Gasteiger charge is -2.11. The molecule has 0 aromatic heterocycles. The molecule has 2 nitrogen and oxygen atoms in total. The summed E-state index contributed by atoms with van der Waals surface area (Å²) in [6.45, 7) is 2.10. The van der Waals surface area contributed by atoms with E-state index in [1.165, 1.54) is 10.5 Å². The first-order valence-corrected chi connectivity index (χ1v) is 7.87. The molecule has 0 saturated heterocycles. The molecule has 0 amide bonds. The highest BCUT2D eigenvalue weighted by Gasteiger charge is 2.05. The second-order valence-corrected chi connectivity index (χ2v) is 6.17. The number of phenols is 1. The van der Waals surface area contributed by atoms with Crippen molar-refractivity contribution in [2.75, 3.05) is 5.75 Å². The van der Waals surface area contributed by atoms with E-state index in [0.717, 1.165) is 24.2 Å². The van der Waals surface area contributed by atoms with Gasteiger partial charge in [-0.3, -0.25) is 0 Å². The molecule has 0 saturated carbocycles. The van der Waals surface area contributed by atoms with Crippen molar-refractivity contribution in [3.63, 3.8) is 0 Å². The number of hydrogen-bond donors (Lipinski definition) is 2. The lowest BCUT2D eigenvalue weighted by Crippen LogP contribution is -2.10. The van der Waals surface area contributed by atoms with Crippen molar-refractivity contribution in [3.05, 3.63) is 59.7 Å². The fraction of sp³-hybridized carbons (Fsp3) is 0.294. The zero-order chi connectivity index (χ0) is 14.4. The Balaban J connectivity index is 0.00000220. The summed E-state index contributed by atoms with van der Waals surface area (Å²) in [6.07, 6.45) is 2.05. The molecule has 4 heteroatoms. The van der Waals surface area contributed by atoms with E-state index in [0.29, 0.717) is 0 Å². The average Bonchev–Trinajstić information content (AvgIpc) is 2.46. The number of nitrogens with two attached hydrogens (primary N) is 1. The third kappa shape index (κ3) is 6.00. The van der Waals surface area contributed by atoms with Gasteiger partial charge in [0.2, 0.25) is 0 Å². The van der Waals surface area contributed by atoms with E-state index in [1.807, 2.05) is 23.9 Å². The molecule has 2 aromatic carbocycles. The van der Waals surface area contributed by atoms with Gasteiger partial charge in [0.15, 0.2) is 0 Å². The summed E-state index contributed by atoms with van der Waals surface area (Å²) in [7, 11) is 0. The minimum Gasteiger partial charge on any atom is -0.508 e. The Morgan fingerprint density at radius 1 is 1.05 bits per heavy atom. The average molecular weight is 324 g/mol. The highest BCUT2D eigenvalue weighted by atomic mass is 35.5. The topological polar surface area (TPSA) is 46.2 Å². The van der Waals surface area contributed by atoms with Gasteiger partial charge in [-0.25, -0.2) is 0 Å². The largest absolute Gasteiger partial charge is 0.508 e. The minimum absolute atomic E-state index is 0. The van der Waals surface area contributed by atoms with Gasteiger partial charge in [0, 0.05) is 10.9 Å². The van der Waals surface area contributed by atoms with E-state index in [1.54, 1.807) is 12.1 Å². The van der Waals surface area contributed by atoms with Crippen LogP contribution in [0.4, 0.5) is 0 Å². The van der Waals surface area contributed by atoms with Gasteiger partial charge in [-0.05, 0) is 55.3 Å². The van der Waals surface area contributed by atoms with E-state index >= 15 is 0 Å². The van der Waals surface area contributed by atoms with Crippen LogP contribution in [-0.2, 0) is 0 Å². The normalized spacial score (nSPS) is 11.7. The maximum Gasteiger partial charge on any atom is 0.115 e. The van der Waals surface area contributed by atoms with Gasteiger partial charge >= 0.3 is 0 Å². The second-order valence-electron chi connectivity index (χ2n) is 5.00. The Morgan fingerprint density at radius 3 is 2.29 bits per heavy atom. The van der Waals surface area contributed by atoms with E-state index in [9.17, 15) is 5.11 Å². The third-order valence-electron chi connectivity index (χ3n) is 3.27. The van der Waals surface area contributed by atoms with Gasteiger partial charge < -0.3 is 10.8 Å². The summed E-state index contributed by atoms with van der Waals surface area (Å²) in [5.41, 5.74) is 8.53. The Hall–Kier alpha value is -1.16. The molecule has 3 N–H and O–H groups in total. The van der Waals surface area contributed by atoms with Gasteiger partial charge in [-0.1, -0.05) is 29.8 Å². The Labute approximate surface area is 137 Å². The molecule has 0 spiro atoms. The minimum atomic E-state index is 0. The van der Waals surface area contributed by atoms with Gasteiger partial charge in [0.1, 0.15) is 5.75 Å². The molecule has 21 heavy (non-hydrogen) atoms. The fourth-order valence-corrected chi connectivity index (χ4v) is 2.89. The number of benzene rings is 2. The highest BCUT2D eigenvalue weighted by molar-refractivity contribution is 7.99. The van der Waals surface area contributed by atoms with Crippen molar-refractivity contribution in [1.82, 2.24) is 0 Å². The molecule has 0 radical (unpaired) electrons. The Bertz CT molecular complexity index is 527. The molecular weight excluding hydrogens is 302 g/mol. The number of hydrogen-bond acceptors (Lipinski definition) is 3. The third-order valence-corrected chi connectivity index (χ3v) is 4.37. The van der Waals surface area contributed by atoms with Crippen molar-refractivity contribution in [2.24, 2.45) is 5.73 Å². The van der Waals surface area contributed by atoms with Crippen LogP contribution in [0.15, 0.2) is 53.4 Å². The summed E-state index contributed by atoms with van der Waals surface area (Å²) in [6, 6.07) is 15.8. The number of halogens is 1. The van der Waals surface area contributed by atoms with Crippen molar-refractivity contribution < 1.29 is 5.11 Å². The molecule has 1 atom stereocenters. The van der Waals surface area contributed by atoms with Crippen LogP contribution in [0, 0.1) is 6.92 Å². The molecule has 0 aliphatic rings. The Morgan fingerprint density at radius 2 is 1.67 bits per heavy atom. The fourth-order valence-electron chi connectivity index (χ4n) is 2.02. The van der Waals surface area contributed by atoms with Gasteiger partial charge in [-0.15, -0.1) is 24.2 Å². The number of phenolic OH excluding ortho intramolecular Hbond substituents is 1. The van der Waals surface area contributed by atoms with Crippen molar-refractivity contribution in [2.45, 2.75) is 30.7 Å². The van der Waals surface area contributed by atoms with Crippen molar-refractivity contribution in [1.29, 1.82) is 0 Å². The molecule has 2 aromatic rings. The molecule has 114 valence electrons. The van der Waals surface area contributed by atoms with E-state index < -0.39 is 0 Å². The van der Waals surface area contributed by atoms with Crippen molar-refractivity contribution in [3.8, 4) is 5.75 Å². The quantitative estimate of drug-likeness (QED) is 0.598. The summed E-state index contributed by atoms with van der Waals surface area (Å²) < 4.78 is 0. The van der Waals surface area contributed by atoms with Crippen LogP contribution in [0.3, 0.4) is 0 Å². The molecule has 0 aliphatic carbocycles. The first-order valence-electron chi connectivity index (χ1n) is 6.89. The van der Waals surface area contributed by atoms with E-state index in [-0.39, 0.29) is 24.2 Å². The van der Waals surface area contributed by atoms with Gasteiger partial charge in [0.25, 0.3) is 0 Å². The van der Waals surface area contributed by atoms with E-state index in [2.05, 4.69) is 31.2 Å². The van der Waals surface area contributed by atoms with Gasteiger partial charge in [0.05, 0.1) is 0 Å². The Kier molecular flexibility index (Phi) is 7.65. The summed E-state index contributed by atoms with van der Waals surface area (Å²) in [4.78, 5) is 1.31. The van der Waals surface area contributed by atoms with E-state index in [4.69, 9.17) is 5.73 Å². The lowest BCUT2D eigenvalue weighted by molar-refractivity contribution is 0.474.